The van der Waals surface area contributed by atoms with Crippen LogP contribution in [-0.2, 0) is 0 Å². The summed E-state index contributed by atoms with van der Waals surface area (Å²) in [6.07, 6.45) is 2.23. The van der Waals surface area contributed by atoms with Gasteiger partial charge in [-0.1, -0.05) is 13.3 Å². The van der Waals surface area contributed by atoms with Crippen LogP contribution in [0.4, 0.5) is 13.2 Å². The van der Waals surface area contributed by atoms with Gasteiger partial charge in [-0.25, -0.2) is 0 Å². The van der Waals surface area contributed by atoms with E-state index < -0.39 is 12.7 Å². The highest BCUT2D eigenvalue weighted by molar-refractivity contribution is 4.80. The van der Waals surface area contributed by atoms with Crippen molar-refractivity contribution in [3.8, 4) is 0 Å². The van der Waals surface area contributed by atoms with Crippen LogP contribution in [0, 0.1) is 0 Å². The van der Waals surface area contributed by atoms with E-state index in [4.69, 9.17) is 0 Å². The van der Waals surface area contributed by atoms with Crippen LogP contribution in [0.2, 0.25) is 0 Å². The molecule has 0 radical (unpaired) electrons. The zero-order valence-electron chi connectivity index (χ0n) is 11.2. The summed E-state index contributed by atoms with van der Waals surface area (Å²) in [6, 6.07) is 0.729. The SMILES string of the molecule is CCCN(CCCCCNC1CC1)CC(F)(F)F. The molecule has 108 valence electrons. The molecule has 2 nitrogen and oxygen atoms in total. The zero-order valence-corrected chi connectivity index (χ0v) is 11.2. The molecule has 1 rings (SSSR count). The lowest BCUT2D eigenvalue weighted by Gasteiger charge is -2.22. The summed E-state index contributed by atoms with van der Waals surface area (Å²) in [5.41, 5.74) is 0. The Morgan fingerprint density at radius 1 is 1.11 bits per heavy atom. The number of hydrogen-bond donors (Lipinski definition) is 1. The van der Waals surface area contributed by atoms with E-state index in [-0.39, 0.29) is 0 Å². The van der Waals surface area contributed by atoms with E-state index in [0.717, 1.165) is 38.3 Å². The smallest absolute Gasteiger partial charge is 0.314 e. The second-order valence-electron chi connectivity index (χ2n) is 5.18. The summed E-state index contributed by atoms with van der Waals surface area (Å²) in [5.74, 6) is 0. The Kier molecular flexibility index (Phi) is 7.00. The third kappa shape index (κ3) is 8.75. The summed E-state index contributed by atoms with van der Waals surface area (Å²) in [5, 5.41) is 3.41. The second kappa shape index (κ2) is 8.00. The van der Waals surface area contributed by atoms with Crippen molar-refractivity contribution in [1.82, 2.24) is 10.2 Å². The van der Waals surface area contributed by atoms with Crippen LogP contribution in [0.15, 0.2) is 0 Å². The Morgan fingerprint density at radius 3 is 2.39 bits per heavy atom. The molecule has 0 unspecified atom stereocenters. The Bertz CT molecular complexity index is 215. The lowest BCUT2D eigenvalue weighted by atomic mass is 10.2. The topological polar surface area (TPSA) is 15.3 Å². The predicted molar refractivity (Wildman–Crippen MR) is 67.7 cm³/mol. The first kappa shape index (κ1) is 15.8. The maximum atomic E-state index is 12.3. The Labute approximate surface area is 108 Å². The predicted octanol–water partition coefficient (Wildman–Crippen LogP) is 3.18. The van der Waals surface area contributed by atoms with Gasteiger partial charge in [0.25, 0.3) is 0 Å². The van der Waals surface area contributed by atoms with Gasteiger partial charge in [0.2, 0.25) is 0 Å². The van der Waals surface area contributed by atoms with Crippen molar-refractivity contribution < 1.29 is 13.2 Å². The molecule has 0 aromatic carbocycles. The van der Waals surface area contributed by atoms with Crippen molar-refractivity contribution in [2.45, 2.75) is 57.7 Å². The van der Waals surface area contributed by atoms with Crippen molar-refractivity contribution in [1.29, 1.82) is 0 Å². The van der Waals surface area contributed by atoms with E-state index in [9.17, 15) is 13.2 Å². The van der Waals surface area contributed by atoms with Gasteiger partial charge in [-0.2, -0.15) is 13.2 Å². The third-order valence-corrected chi connectivity index (χ3v) is 3.10. The zero-order chi connectivity index (χ0) is 13.4. The van der Waals surface area contributed by atoms with Gasteiger partial charge >= 0.3 is 6.18 Å². The molecule has 0 spiro atoms. The molecule has 1 aliphatic rings. The normalized spacial score (nSPS) is 16.5. The van der Waals surface area contributed by atoms with Gasteiger partial charge in [0, 0.05) is 6.04 Å². The van der Waals surface area contributed by atoms with Crippen LogP contribution in [0.25, 0.3) is 0 Å². The molecule has 18 heavy (non-hydrogen) atoms. The number of nitrogens with zero attached hydrogens (tertiary/aromatic N) is 1. The minimum Gasteiger partial charge on any atom is -0.314 e. The fourth-order valence-electron chi connectivity index (χ4n) is 2.07. The van der Waals surface area contributed by atoms with Gasteiger partial charge < -0.3 is 5.32 Å². The highest BCUT2D eigenvalue weighted by Crippen LogP contribution is 2.19. The van der Waals surface area contributed by atoms with Crippen LogP contribution in [0.1, 0.15) is 45.4 Å². The summed E-state index contributed by atoms with van der Waals surface area (Å²) in [6.45, 7) is 3.28. The summed E-state index contributed by atoms with van der Waals surface area (Å²) in [4.78, 5) is 1.52. The molecule has 1 fully saturated rings. The average Bonchev–Trinajstić information content (AvgIpc) is 3.05. The maximum absolute atomic E-state index is 12.3. The first-order valence-electron chi connectivity index (χ1n) is 7.04. The van der Waals surface area contributed by atoms with Crippen molar-refractivity contribution >= 4 is 0 Å². The quantitative estimate of drug-likeness (QED) is 0.611. The molecule has 0 aromatic heterocycles. The Hall–Kier alpha value is -0.290. The molecule has 0 aromatic rings. The lowest BCUT2D eigenvalue weighted by Crippen LogP contribution is -2.35. The minimum absolute atomic E-state index is 0.542. The van der Waals surface area contributed by atoms with E-state index in [1.807, 2.05) is 6.92 Å². The lowest BCUT2D eigenvalue weighted by molar-refractivity contribution is -0.146. The molecule has 1 N–H and O–H groups in total. The highest BCUT2D eigenvalue weighted by Gasteiger charge is 2.29. The van der Waals surface area contributed by atoms with E-state index in [0.29, 0.717) is 13.1 Å². The molecular weight excluding hydrogens is 241 g/mol. The number of hydrogen-bond acceptors (Lipinski definition) is 2. The number of nitrogens with one attached hydrogen (secondary N) is 1. The first-order chi connectivity index (χ1) is 8.51. The summed E-state index contributed by atoms with van der Waals surface area (Å²) < 4.78 is 36.9. The van der Waals surface area contributed by atoms with Crippen LogP contribution in [-0.4, -0.2) is 43.3 Å². The third-order valence-electron chi connectivity index (χ3n) is 3.10. The van der Waals surface area contributed by atoms with Gasteiger partial charge in [0.15, 0.2) is 0 Å². The Balaban J connectivity index is 2.00. The van der Waals surface area contributed by atoms with Crippen LogP contribution in [0.5, 0.6) is 0 Å². The van der Waals surface area contributed by atoms with Crippen molar-refractivity contribution in [2.75, 3.05) is 26.2 Å². The maximum Gasteiger partial charge on any atom is 0.401 e. The fourth-order valence-corrected chi connectivity index (χ4v) is 2.07. The minimum atomic E-state index is -4.07. The van der Waals surface area contributed by atoms with Crippen LogP contribution in [0.3, 0.4) is 0 Å². The van der Waals surface area contributed by atoms with Crippen LogP contribution >= 0.6 is 0 Å². The molecule has 0 atom stereocenters. The summed E-state index contributed by atoms with van der Waals surface area (Å²) >= 11 is 0. The molecule has 5 heteroatoms. The highest BCUT2D eigenvalue weighted by atomic mass is 19.4. The van der Waals surface area contributed by atoms with E-state index >= 15 is 0 Å². The van der Waals surface area contributed by atoms with E-state index in [1.165, 1.54) is 17.7 Å². The standard InChI is InChI=1S/C13H25F3N2/c1-2-9-18(11-13(14,15)16)10-5-3-4-8-17-12-6-7-12/h12,17H,2-11H2,1H3. The second-order valence-corrected chi connectivity index (χ2v) is 5.18. The first-order valence-corrected chi connectivity index (χ1v) is 7.04. The largest absolute Gasteiger partial charge is 0.401 e. The molecule has 0 amide bonds. The van der Waals surface area contributed by atoms with Gasteiger partial charge in [0.1, 0.15) is 0 Å². The van der Waals surface area contributed by atoms with Gasteiger partial charge in [-0.05, 0) is 51.7 Å². The fraction of sp³-hybridized carbons (Fsp3) is 1.00. The number of rotatable bonds is 10. The van der Waals surface area contributed by atoms with Crippen LogP contribution < -0.4 is 5.32 Å². The Morgan fingerprint density at radius 2 is 1.83 bits per heavy atom. The van der Waals surface area contributed by atoms with Gasteiger partial charge in [0.05, 0.1) is 6.54 Å². The van der Waals surface area contributed by atoms with Gasteiger partial charge in [-0.15, -0.1) is 0 Å². The molecular formula is C13H25F3N2. The number of halogens is 3. The van der Waals surface area contributed by atoms with E-state index in [1.54, 1.807) is 0 Å². The molecule has 1 aliphatic carbocycles. The number of alkyl halides is 3. The van der Waals surface area contributed by atoms with Crippen molar-refractivity contribution in [3.63, 3.8) is 0 Å². The van der Waals surface area contributed by atoms with Crippen molar-refractivity contribution in [2.24, 2.45) is 0 Å². The molecule has 0 heterocycles. The molecule has 0 bridgehead atoms. The molecule has 0 aliphatic heterocycles. The summed E-state index contributed by atoms with van der Waals surface area (Å²) in [7, 11) is 0. The number of unbranched alkanes of at least 4 members (excludes halogenated alkanes) is 2. The molecule has 0 saturated heterocycles. The molecule has 1 saturated carbocycles. The van der Waals surface area contributed by atoms with Crippen molar-refractivity contribution in [3.05, 3.63) is 0 Å². The average molecular weight is 266 g/mol. The van der Waals surface area contributed by atoms with Gasteiger partial charge in [-0.3, -0.25) is 4.90 Å². The monoisotopic (exact) mass is 266 g/mol. The van der Waals surface area contributed by atoms with E-state index in [2.05, 4.69) is 5.32 Å².